The molecule has 0 amide bonds. The summed E-state index contributed by atoms with van der Waals surface area (Å²) < 4.78 is 0. The molecular weight excluding hydrogens is 323 g/mol. The SMILES string of the molecule is CC(C)CCN1Cc2ccccc2CC1CCC(N)CCCCB(O)O. The van der Waals surface area contributed by atoms with Gasteiger partial charge >= 0.3 is 7.12 Å². The van der Waals surface area contributed by atoms with E-state index >= 15 is 0 Å². The highest BCUT2D eigenvalue weighted by Crippen LogP contribution is 2.27. The van der Waals surface area contributed by atoms with Crippen LogP contribution < -0.4 is 5.73 Å². The van der Waals surface area contributed by atoms with E-state index in [2.05, 4.69) is 43.0 Å². The molecule has 5 heteroatoms. The summed E-state index contributed by atoms with van der Waals surface area (Å²) in [5, 5.41) is 17.8. The zero-order chi connectivity index (χ0) is 18.9. The van der Waals surface area contributed by atoms with Gasteiger partial charge in [0.05, 0.1) is 0 Å². The first-order valence-electron chi connectivity index (χ1n) is 10.4. The number of fused-ring (bicyclic) bond motifs is 1. The lowest BCUT2D eigenvalue weighted by Crippen LogP contribution is -2.42. The predicted octanol–water partition coefficient (Wildman–Crippen LogP) is 3.21. The Balaban J connectivity index is 1.83. The number of rotatable bonds is 11. The van der Waals surface area contributed by atoms with Crippen LogP contribution in [0.15, 0.2) is 24.3 Å². The van der Waals surface area contributed by atoms with Crippen molar-refractivity contribution >= 4 is 7.12 Å². The van der Waals surface area contributed by atoms with E-state index in [1.165, 1.54) is 24.1 Å². The molecule has 4 nitrogen and oxygen atoms in total. The summed E-state index contributed by atoms with van der Waals surface area (Å²) in [6, 6.07) is 9.67. The fourth-order valence-corrected chi connectivity index (χ4v) is 3.90. The molecule has 0 saturated carbocycles. The van der Waals surface area contributed by atoms with Crippen molar-refractivity contribution in [2.75, 3.05) is 6.54 Å². The molecule has 1 aromatic carbocycles. The molecule has 0 bridgehead atoms. The average molecular weight is 360 g/mol. The first kappa shape index (κ1) is 21.4. The van der Waals surface area contributed by atoms with E-state index in [9.17, 15) is 0 Å². The lowest BCUT2D eigenvalue weighted by molar-refractivity contribution is 0.149. The maximum absolute atomic E-state index is 8.91. The van der Waals surface area contributed by atoms with Gasteiger partial charge in [0.15, 0.2) is 0 Å². The third-order valence-corrected chi connectivity index (χ3v) is 5.62. The maximum Gasteiger partial charge on any atom is 0.451 e. The summed E-state index contributed by atoms with van der Waals surface area (Å²) in [4.78, 5) is 2.66. The molecular formula is C21H37BN2O2. The first-order valence-corrected chi connectivity index (χ1v) is 10.4. The summed E-state index contributed by atoms with van der Waals surface area (Å²) >= 11 is 0. The second-order valence-corrected chi connectivity index (χ2v) is 8.38. The highest BCUT2D eigenvalue weighted by atomic mass is 16.4. The predicted molar refractivity (Wildman–Crippen MR) is 110 cm³/mol. The summed E-state index contributed by atoms with van der Waals surface area (Å²) in [6.07, 6.45) is 7.82. The van der Waals surface area contributed by atoms with Crippen LogP contribution in [0.5, 0.6) is 0 Å². The molecule has 0 aliphatic carbocycles. The van der Waals surface area contributed by atoms with Crippen molar-refractivity contribution in [2.24, 2.45) is 11.7 Å². The van der Waals surface area contributed by atoms with E-state index in [0.29, 0.717) is 12.4 Å². The van der Waals surface area contributed by atoms with Crippen molar-refractivity contribution in [1.82, 2.24) is 4.90 Å². The molecule has 0 aromatic heterocycles. The second kappa shape index (κ2) is 11.1. The zero-order valence-electron chi connectivity index (χ0n) is 16.6. The molecule has 0 saturated heterocycles. The van der Waals surface area contributed by atoms with Crippen LogP contribution in [0.3, 0.4) is 0 Å². The molecule has 26 heavy (non-hydrogen) atoms. The van der Waals surface area contributed by atoms with Crippen molar-refractivity contribution < 1.29 is 10.0 Å². The number of hydrogen-bond acceptors (Lipinski definition) is 4. The molecule has 1 aliphatic rings. The van der Waals surface area contributed by atoms with Crippen molar-refractivity contribution in [3.63, 3.8) is 0 Å². The Kier molecular flexibility index (Phi) is 9.13. The number of unbranched alkanes of at least 4 members (excludes halogenated alkanes) is 1. The number of nitrogens with zero attached hydrogens (tertiary/aromatic N) is 1. The van der Waals surface area contributed by atoms with Gasteiger partial charge < -0.3 is 15.8 Å². The monoisotopic (exact) mass is 360 g/mol. The van der Waals surface area contributed by atoms with Gasteiger partial charge in [-0.15, -0.1) is 0 Å². The van der Waals surface area contributed by atoms with Crippen molar-refractivity contribution in [1.29, 1.82) is 0 Å². The standard InChI is InChI=1S/C21H37BN2O2/c1-17(2)12-14-24-16-19-8-4-3-7-18(19)15-21(24)11-10-20(23)9-5-6-13-22(25)26/h3-4,7-8,17,20-21,25-26H,5-6,9-16,23H2,1-2H3. The molecule has 4 N–H and O–H groups in total. The topological polar surface area (TPSA) is 69.7 Å². The van der Waals surface area contributed by atoms with Crippen LogP contribution in [0.4, 0.5) is 0 Å². The van der Waals surface area contributed by atoms with Gasteiger partial charge in [-0.05, 0) is 62.0 Å². The summed E-state index contributed by atoms with van der Waals surface area (Å²) in [5.41, 5.74) is 9.32. The Labute approximate surface area is 159 Å². The minimum absolute atomic E-state index is 0.218. The average Bonchev–Trinajstić information content (AvgIpc) is 2.61. The van der Waals surface area contributed by atoms with Crippen LogP contribution in [-0.4, -0.2) is 40.7 Å². The van der Waals surface area contributed by atoms with Gasteiger partial charge in [0.2, 0.25) is 0 Å². The lowest BCUT2D eigenvalue weighted by atomic mass is 9.83. The van der Waals surface area contributed by atoms with Gasteiger partial charge in [0.25, 0.3) is 0 Å². The van der Waals surface area contributed by atoms with Crippen LogP contribution >= 0.6 is 0 Å². The molecule has 2 unspecified atom stereocenters. The van der Waals surface area contributed by atoms with Crippen molar-refractivity contribution in [3.05, 3.63) is 35.4 Å². The smallest absolute Gasteiger partial charge is 0.427 e. The van der Waals surface area contributed by atoms with Gasteiger partial charge in [-0.3, -0.25) is 4.90 Å². The Morgan fingerprint density at radius 3 is 2.54 bits per heavy atom. The Morgan fingerprint density at radius 2 is 1.85 bits per heavy atom. The molecule has 0 radical (unpaired) electrons. The third kappa shape index (κ3) is 7.39. The van der Waals surface area contributed by atoms with Crippen LogP contribution in [0.2, 0.25) is 6.32 Å². The highest BCUT2D eigenvalue weighted by Gasteiger charge is 2.26. The fraction of sp³-hybridized carbons (Fsp3) is 0.714. The summed E-state index contributed by atoms with van der Waals surface area (Å²) in [7, 11) is -1.18. The van der Waals surface area contributed by atoms with Crippen LogP contribution in [-0.2, 0) is 13.0 Å². The van der Waals surface area contributed by atoms with Crippen molar-refractivity contribution in [3.8, 4) is 0 Å². The van der Waals surface area contributed by atoms with Crippen LogP contribution in [0, 0.1) is 5.92 Å². The number of nitrogens with two attached hydrogens (primary N) is 1. The zero-order valence-corrected chi connectivity index (χ0v) is 16.6. The summed E-state index contributed by atoms with van der Waals surface area (Å²) in [6.45, 7) is 6.83. The van der Waals surface area contributed by atoms with E-state index in [1.807, 2.05) is 0 Å². The van der Waals surface area contributed by atoms with Crippen molar-refractivity contribution in [2.45, 2.75) is 83.7 Å². The third-order valence-electron chi connectivity index (χ3n) is 5.62. The maximum atomic E-state index is 8.91. The summed E-state index contributed by atoms with van der Waals surface area (Å²) in [5.74, 6) is 0.733. The van der Waals surface area contributed by atoms with E-state index in [0.717, 1.165) is 51.0 Å². The lowest BCUT2D eigenvalue weighted by Gasteiger charge is -2.38. The fourth-order valence-electron chi connectivity index (χ4n) is 3.90. The van der Waals surface area contributed by atoms with Gasteiger partial charge in [-0.1, -0.05) is 51.0 Å². The quantitative estimate of drug-likeness (QED) is 0.419. The number of hydrogen-bond donors (Lipinski definition) is 3. The minimum Gasteiger partial charge on any atom is -0.427 e. The van der Waals surface area contributed by atoms with Gasteiger partial charge in [0, 0.05) is 18.6 Å². The minimum atomic E-state index is -1.18. The molecule has 0 fully saturated rings. The van der Waals surface area contributed by atoms with Gasteiger partial charge in [0.1, 0.15) is 0 Å². The molecule has 2 rings (SSSR count). The Morgan fingerprint density at radius 1 is 1.12 bits per heavy atom. The normalized spacial score (nSPS) is 18.8. The van der Waals surface area contributed by atoms with Crippen LogP contribution in [0.25, 0.3) is 0 Å². The molecule has 146 valence electrons. The highest BCUT2D eigenvalue weighted by molar-refractivity contribution is 6.40. The van der Waals surface area contributed by atoms with E-state index in [4.69, 9.17) is 15.8 Å². The Bertz CT molecular complexity index is 524. The van der Waals surface area contributed by atoms with Gasteiger partial charge in [-0.2, -0.15) is 0 Å². The molecule has 2 atom stereocenters. The van der Waals surface area contributed by atoms with E-state index in [1.54, 1.807) is 0 Å². The van der Waals surface area contributed by atoms with Crippen LogP contribution in [0.1, 0.15) is 63.5 Å². The molecule has 0 spiro atoms. The Hall–Kier alpha value is -0.875. The van der Waals surface area contributed by atoms with E-state index < -0.39 is 7.12 Å². The van der Waals surface area contributed by atoms with E-state index in [-0.39, 0.29) is 6.04 Å². The second-order valence-electron chi connectivity index (χ2n) is 8.38. The molecule has 1 aromatic rings. The molecule has 1 aliphatic heterocycles. The number of benzene rings is 1. The molecule has 1 heterocycles. The largest absolute Gasteiger partial charge is 0.451 e. The first-order chi connectivity index (χ1) is 12.5. The van der Waals surface area contributed by atoms with Gasteiger partial charge in [-0.25, -0.2) is 0 Å².